The van der Waals surface area contributed by atoms with Gasteiger partial charge in [-0.3, -0.25) is 19.7 Å². The lowest BCUT2D eigenvalue weighted by Gasteiger charge is -2.26. The Hall–Kier alpha value is -4.51. The first-order valence-electron chi connectivity index (χ1n) is 11.4. The molecule has 0 spiro atoms. The van der Waals surface area contributed by atoms with E-state index in [9.17, 15) is 23.6 Å². The lowest BCUT2D eigenvalue weighted by Crippen LogP contribution is -2.54. The molecular formula is C27H21BrFN3O6. The van der Waals surface area contributed by atoms with Gasteiger partial charge in [0.15, 0.2) is 18.1 Å². The van der Waals surface area contributed by atoms with E-state index in [0.717, 1.165) is 6.07 Å². The number of amides is 5. The number of hydrogen-bond donors (Lipinski definition) is 2. The molecule has 0 aliphatic carbocycles. The lowest BCUT2D eigenvalue weighted by molar-refractivity contribution is -0.122. The third-order valence-corrected chi connectivity index (χ3v) is 5.80. The first-order valence-corrected chi connectivity index (χ1v) is 12.2. The standard InChI is InChI=1S/C27H21BrFN3O6/c1-2-37-22-13-16(12-21(28)24(22)38-15-23(33)30-18-8-4-3-5-9-18)11-20-25(34)31-27(36)32(26(20)35)19-10-6-7-17(29)14-19/h3-14H,2,15H2,1H3,(H,30,33)(H,31,34,36)/b20-11+. The fourth-order valence-corrected chi connectivity index (χ4v) is 4.18. The molecule has 194 valence electrons. The molecule has 2 N–H and O–H groups in total. The van der Waals surface area contributed by atoms with Crippen LogP contribution in [-0.4, -0.2) is 37.0 Å². The number of barbiturate groups is 1. The molecule has 3 aromatic carbocycles. The Labute approximate surface area is 225 Å². The summed E-state index contributed by atoms with van der Waals surface area (Å²) in [4.78, 5) is 51.0. The van der Waals surface area contributed by atoms with Crippen molar-refractivity contribution in [3.63, 3.8) is 0 Å². The van der Waals surface area contributed by atoms with Crippen molar-refractivity contribution < 1.29 is 33.0 Å². The highest BCUT2D eigenvalue weighted by Crippen LogP contribution is 2.38. The molecule has 1 aliphatic heterocycles. The molecule has 1 heterocycles. The van der Waals surface area contributed by atoms with Crippen LogP contribution in [0.2, 0.25) is 0 Å². The zero-order valence-electron chi connectivity index (χ0n) is 20.0. The van der Waals surface area contributed by atoms with E-state index >= 15 is 0 Å². The molecule has 3 aromatic rings. The molecule has 1 aliphatic rings. The van der Waals surface area contributed by atoms with E-state index in [-0.39, 0.29) is 41.9 Å². The van der Waals surface area contributed by atoms with Crippen LogP contribution in [0.1, 0.15) is 12.5 Å². The van der Waals surface area contributed by atoms with Crippen molar-refractivity contribution in [2.24, 2.45) is 0 Å². The second kappa shape index (κ2) is 11.7. The van der Waals surface area contributed by atoms with E-state index in [4.69, 9.17) is 9.47 Å². The summed E-state index contributed by atoms with van der Waals surface area (Å²) < 4.78 is 25.5. The van der Waals surface area contributed by atoms with Crippen molar-refractivity contribution in [1.82, 2.24) is 5.32 Å². The molecule has 9 nitrogen and oxygen atoms in total. The van der Waals surface area contributed by atoms with Gasteiger partial charge >= 0.3 is 6.03 Å². The molecular weight excluding hydrogens is 561 g/mol. The summed E-state index contributed by atoms with van der Waals surface area (Å²) in [7, 11) is 0. The molecule has 0 unspecified atom stereocenters. The molecule has 38 heavy (non-hydrogen) atoms. The average molecular weight is 582 g/mol. The molecule has 0 aromatic heterocycles. The summed E-state index contributed by atoms with van der Waals surface area (Å²) >= 11 is 3.39. The van der Waals surface area contributed by atoms with Gasteiger partial charge in [-0.1, -0.05) is 24.3 Å². The normalized spacial score (nSPS) is 14.3. The van der Waals surface area contributed by atoms with Crippen LogP contribution in [0, 0.1) is 5.82 Å². The second-order valence-corrected chi connectivity index (χ2v) is 8.76. The molecule has 1 saturated heterocycles. The average Bonchev–Trinajstić information content (AvgIpc) is 2.87. The maximum absolute atomic E-state index is 13.7. The molecule has 11 heteroatoms. The second-order valence-electron chi connectivity index (χ2n) is 7.90. The monoisotopic (exact) mass is 581 g/mol. The van der Waals surface area contributed by atoms with Crippen molar-refractivity contribution >= 4 is 57.1 Å². The number of nitrogens with zero attached hydrogens (tertiary/aromatic N) is 1. The highest BCUT2D eigenvalue weighted by molar-refractivity contribution is 9.10. The molecule has 5 amide bonds. The number of ether oxygens (including phenoxy) is 2. The van der Waals surface area contributed by atoms with Crippen LogP contribution < -0.4 is 25.0 Å². The predicted octanol–water partition coefficient (Wildman–Crippen LogP) is 4.67. The van der Waals surface area contributed by atoms with Crippen LogP contribution in [-0.2, 0) is 14.4 Å². The van der Waals surface area contributed by atoms with Crippen molar-refractivity contribution in [2.75, 3.05) is 23.4 Å². The van der Waals surface area contributed by atoms with Gasteiger partial charge in [0, 0.05) is 5.69 Å². The molecule has 1 fully saturated rings. The summed E-state index contributed by atoms with van der Waals surface area (Å²) in [5, 5.41) is 4.81. The summed E-state index contributed by atoms with van der Waals surface area (Å²) in [5.41, 5.74) is 0.612. The number of anilines is 2. The third kappa shape index (κ3) is 6.06. The van der Waals surface area contributed by atoms with Gasteiger partial charge in [0.2, 0.25) is 0 Å². The Morgan fingerprint density at radius 3 is 2.53 bits per heavy atom. The van der Waals surface area contributed by atoms with Crippen molar-refractivity contribution in [2.45, 2.75) is 6.92 Å². The van der Waals surface area contributed by atoms with Gasteiger partial charge in [0.05, 0.1) is 16.8 Å². The van der Waals surface area contributed by atoms with E-state index in [1.54, 1.807) is 37.3 Å². The zero-order valence-corrected chi connectivity index (χ0v) is 21.6. The van der Waals surface area contributed by atoms with Crippen LogP contribution in [0.3, 0.4) is 0 Å². The maximum Gasteiger partial charge on any atom is 0.335 e. The largest absolute Gasteiger partial charge is 0.490 e. The van der Waals surface area contributed by atoms with Gasteiger partial charge in [-0.25, -0.2) is 14.1 Å². The minimum atomic E-state index is -0.989. The number of halogens is 2. The molecule has 4 rings (SSSR count). The number of urea groups is 1. The summed E-state index contributed by atoms with van der Waals surface area (Å²) in [6, 6.07) is 15.9. The van der Waals surface area contributed by atoms with E-state index < -0.39 is 23.7 Å². The van der Waals surface area contributed by atoms with Crippen LogP contribution in [0.25, 0.3) is 6.08 Å². The first-order chi connectivity index (χ1) is 18.3. The first kappa shape index (κ1) is 26.6. The number of para-hydroxylation sites is 1. The van der Waals surface area contributed by atoms with Crippen molar-refractivity contribution in [3.05, 3.63) is 88.2 Å². The zero-order chi connectivity index (χ0) is 27.2. The summed E-state index contributed by atoms with van der Waals surface area (Å²) in [6.45, 7) is 1.71. The van der Waals surface area contributed by atoms with Gasteiger partial charge in [-0.05, 0) is 77.0 Å². The van der Waals surface area contributed by atoms with Gasteiger partial charge in [-0.2, -0.15) is 0 Å². The number of carbonyl (C=O) groups excluding carboxylic acids is 4. The minimum Gasteiger partial charge on any atom is -0.490 e. The molecule has 0 radical (unpaired) electrons. The predicted molar refractivity (Wildman–Crippen MR) is 141 cm³/mol. The van der Waals surface area contributed by atoms with Gasteiger partial charge in [0.25, 0.3) is 17.7 Å². The number of imide groups is 2. The summed E-state index contributed by atoms with van der Waals surface area (Å²) in [6.07, 6.45) is 1.27. The van der Waals surface area contributed by atoms with Crippen molar-refractivity contribution in [1.29, 1.82) is 0 Å². The Morgan fingerprint density at radius 1 is 1.05 bits per heavy atom. The van der Waals surface area contributed by atoms with E-state index in [2.05, 4.69) is 26.6 Å². The van der Waals surface area contributed by atoms with Crippen LogP contribution in [0.5, 0.6) is 11.5 Å². The fourth-order valence-electron chi connectivity index (χ4n) is 3.60. The number of carbonyl (C=O) groups is 4. The Balaban J connectivity index is 1.59. The minimum absolute atomic E-state index is 0.0281. The summed E-state index contributed by atoms with van der Waals surface area (Å²) in [5.74, 6) is -2.36. The van der Waals surface area contributed by atoms with Crippen LogP contribution >= 0.6 is 15.9 Å². The Morgan fingerprint density at radius 2 is 1.82 bits per heavy atom. The molecule has 0 saturated carbocycles. The van der Waals surface area contributed by atoms with Gasteiger partial charge in [0.1, 0.15) is 11.4 Å². The number of hydrogen-bond acceptors (Lipinski definition) is 6. The topological polar surface area (TPSA) is 114 Å². The molecule has 0 bridgehead atoms. The van der Waals surface area contributed by atoms with E-state index in [0.29, 0.717) is 20.6 Å². The van der Waals surface area contributed by atoms with Gasteiger partial charge < -0.3 is 14.8 Å². The van der Waals surface area contributed by atoms with Crippen LogP contribution in [0.4, 0.5) is 20.6 Å². The van der Waals surface area contributed by atoms with E-state index in [1.807, 2.05) is 6.07 Å². The number of benzene rings is 3. The lowest BCUT2D eigenvalue weighted by atomic mass is 10.1. The van der Waals surface area contributed by atoms with Gasteiger partial charge in [-0.15, -0.1) is 0 Å². The molecule has 0 atom stereocenters. The highest BCUT2D eigenvalue weighted by atomic mass is 79.9. The Kier molecular flexibility index (Phi) is 8.17. The maximum atomic E-state index is 13.7. The fraction of sp³-hybridized carbons (Fsp3) is 0.111. The quantitative estimate of drug-likeness (QED) is 0.295. The highest BCUT2D eigenvalue weighted by Gasteiger charge is 2.37. The SMILES string of the molecule is CCOc1cc(/C=C2\C(=O)NC(=O)N(c3cccc(F)c3)C2=O)cc(Br)c1OCC(=O)Nc1ccccc1. The van der Waals surface area contributed by atoms with Crippen molar-refractivity contribution in [3.8, 4) is 11.5 Å². The van der Waals surface area contributed by atoms with E-state index in [1.165, 1.54) is 30.3 Å². The third-order valence-electron chi connectivity index (χ3n) is 5.22. The Bertz CT molecular complexity index is 1440. The number of nitrogens with one attached hydrogen (secondary N) is 2. The van der Waals surface area contributed by atoms with Crippen LogP contribution in [0.15, 0.2) is 76.8 Å². The smallest absolute Gasteiger partial charge is 0.335 e. The number of rotatable bonds is 8.